The molecule has 0 aliphatic carbocycles. The standard InChI is InChI=1S/C62H81N13O14/c63-50(77)20-4-11-41(76)10-3-1-2-9-40-39-75-34-27-70-60(87)47-17-7-16-46(53(47)80)57(84)66-23-30-73(31-24-69-61(88)48-18-8-19-49(54(48)81)62(89)71-40)36-35-72-28-21-64-55(82)42-12-5-14-44(51(42)78)58(85)67-25-32-74(37-38-75)33-26-68-59(86)45-15-6-13-43(52(45)79)56(83)65-22-29-72/h5-8,12-19,40,78-81H,1-4,9-11,20-39H2,(H2,63,77)(H,64,82)(H,65,83)(H,66,84)(H,67,85)(H,68,86)(H,69,88)(H,70,87)(H,71,89). The average Bonchev–Trinajstić information content (AvgIpc) is 2.32. The summed E-state index contributed by atoms with van der Waals surface area (Å²) in [4.78, 5) is 143. The van der Waals surface area contributed by atoms with Gasteiger partial charge in [-0.1, -0.05) is 37.1 Å². The summed E-state index contributed by atoms with van der Waals surface area (Å²) in [7, 11) is 0. The van der Waals surface area contributed by atoms with Crippen LogP contribution in [-0.4, -0.2) is 229 Å². The number of rotatable bonds is 10. The molecule has 12 bridgehead atoms. The molecule has 4 aromatic carbocycles. The van der Waals surface area contributed by atoms with Crippen molar-refractivity contribution < 1.29 is 68.4 Å². The zero-order valence-electron chi connectivity index (χ0n) is 49.8. The second-order valence-corrected chi connectivity index (χ2v) is 22.1. The van der Waals surface area contributed by atoms with Gasteiger partial charge in [-0.15, -0.1) is 0 Å². The molecule has 8 rings (SSSR count). The molecule has 4 heterocycles. The molecule has 0 saturated heterocycles. The van der Waals surface area contributed by atoms with Crippen LogP contribution in [0.2, 0.25) is 0 Å². The number of aromatic hydroxyl groups is 4. The molecule has 27 nitrogen and oxygen atoms in total. The fourth-order valence-electron chi connectivity index (χ4n) is 10.7. The number of hydrogen-bond acceptors (Lipinski definition) is 18. The van der Waals surface area contributed by atoms with Crippen LogP contribution in [0, 0.1) is 0 Å². The quantitative estimate of drug-likeness (QED) is 0.0946. The maximum absolute atomic E-state index is 14.5. The van der Waals surface area contributed by atoms with E-state index in [4.69, 9.17) is 5.73 Å². The van der Waals surface area contributed by atoms with E-state index in [1.54, 1.807) is 0 Å². The maximum atomic E-state index is 14.5. The third-order valence-corrected chi connectivity index (χ3v) is 15.8. The number of benzene rings is 4. The van der Waals surface area contributed by atoms with E-state index in [0.717, 1.165) is 0 Å². The van der Waals surface area contributed by atoms with Gasteiger partial charge >= 0.3 is 0 Å². The number of carbonyl (C=O) groups is 10. The lowest BCUT2D eigenvalue weighted by molar-refractivity contribution is -0.120. The number of Topliss-reactive ketones (excluding diaryl/α,β-unsaturated/α-hetero) is 1. The number of carbonyl (C=O) groups excluding carboxylic acids is 10. The Kier molecular flexibility index (Phi) is 25.6. The van der Waals surface area contributed by atoms with Crippen LogP contribution in [0.4, 0.5) is 0 Å². The van der Waals surface area contributed by atoms with Crippen molar-refractivity contribution in [3.63, 3.8) is 0 Å². The minimum atomic E-state index is -0.692. The fraction of sp³-hybridized carbons (Fsp3) is 0.452. The second-order valence-electron chi connectivity index (χ2n) is 22.1. The minimum Gasteiger partial charge on any atom is -0.506 e. The zero-order chi connectivity index (χ0) is 63.8. The van der Waals surface area contributed by atoms with Gasteiger partial charge in [0.05, 0.1) is 44.5 Å². The van der Waals surface area contributed by atoms with Gasteiger partial charge in [0.2, 0.25) is 5.91 Å². The lowest BCUT2D eigenvalue weighted by atomic mass is 10.0. The summed E-state index contributed by atoms with van der Waals surface area (Å²) in [5.74, 6) is -8.16. The number of hydrogen-bond donors (Lipinski definition) is 13. The fourth-order valence-corrected chi connectivity index (χ4v) is 10.7. The Morgan fingerprint density at radius 2 is 0.629 bits per heavy atom. The maximum Gasteiger partial charge on any atom is 0.255 e. The number of primary amides is 1. The van der Waals surface area contributed by atoms with Crippen LogP contribution in [0.15, 0.2) is 72.8 Å². The first-order chi connectivity index (χ1) is 42.9. The number of nitrogens with one attached hydrogen (secondary N) is 8. The molecule has 9 amide bonds. The van der Waals surface area contributed by atoms with Gasteiger partial charge in [0.1, 0.15) is 28.8 Å². The summed E-state index contributed by atoms with van der Waals surface area (Å²) in [5.41, 5.74) is 3.93. The first-order valence-electron chi connectivity index (χ1n) is 30.1. The number of nitrogens with two attached hydrogens (primary N) is 1. The van der Waals surface area contributed by atoms with Gasteiger partial charge in [-0.3, -0.25) is 67.5 Å². The first kappa shape index (κ1) is 67.3. The van der Waals surface area contributed by atoms with Crippen LogP contribution in [0.5, 0.6) is 23.0 Å². The molecule has 4 aromatic rings. The highest BCUT2D eigenvalue weighted by Gasteiger charge is 2.27. The number of nitrogens with zero attached hydrogens (tertiary/aromatic N) is 4. The summed E-state index contributed by atoms with van der Waals surface area (Å²) in [6.45, 7) is 1.92. The molecule has 4 aliphatic rings. The van der Waals surface area contributed by atoms with Gasteiger partial charge in [-0.05, 0) is 67.8 Å². The van der Waals surface area contributed by atoms with E-state index in [1.807, 2.05) is 19.6 Å². The molecule has 0 fully saturated rings. The highest BCUT2D eigenvalue weighted by molar-refractivity contribution is 6.06. The predicted octanol–water partition coefficient (Wildman–Crippen LogP) is 0.241. The largest absolute Gasteiger partial charge is 0.506 e. The monoisotopic (exact) mass is 1230 g/mol. The highest BCUT2D eigenvalue weighted by Crippen LogP contribution is 2.27. The first-order valence-corrected chi connectivity index (χ1v) is 30.1. The van der Waals surface area contributed by atoms with Gasteiger partial charge in [-0.25, -0.2) is 0 Å². The molecule has 3 atom stereocenters. The summed E-state index contributed by atoms with van der Waals surface area (Å²) < 4.78 is 0. The number of ketones is 1. The number of unbranched alkanes of at least 4 members (excludes halogenated alkanes) is 2. The Labute approximate surface area is 515 Å². The molecule has 4 aliphatic heterocycles. The number of amides is 9. The van der Waals surface area contributed by atoms with E-state index >= 15 is 0 Å². The van der Waals surface area contributed by atoms with Crippen LogP contribution in [0.1, 0.15) is 134 Å². The van der Waals surface area contributed by atoms with Gasteiger partial charge in [0.25, 0.3) is 47.3 Å². The van der Waals surface area contributed by atoms with Crippen molar-refractivity contribution in [2.24, 2.45) is 5.73 Å². The van der Waals surface area contributed by atoms with Crippen LogP contribution in [0.3, 0.4) is 0 Å². The topological polar surface area (TPSA) is 387 Å². The van der Waals surface area contributed by atoms with Crippen molar-refractivity contribution in [2.75, 3.05) is 124 Å². The third kappa shape index (κ3) is 19.9. The summed E-state index contributed by atoms with van der Waals surface area (Å²) in [5, 5.41) is 68.7. The Balaban J connectivity index is 1.30. The van der Waals surface area contributed by atoms with Crippen LogP contribution < -0.4 is 48.3 Å². The lowest BCUT2D eigenvalue weighted by Crippen LogP contribution is -2.49. The van der Waals surface area contributed by atoms with Crippen molar-refractivity contribution in [3.05, 3.63) is 117 Å². The number of para-hydroxylation sites is 4. The van der Waals surface area contributed by atoms with Crippen LogP contribution in [-0.2, 0) is 9.59 Å². The molecule has 0 saturated carbocycles. The second kappa shape index (κ2) is 33.8. The molecular formula is C62H81N13O14. The molecule has 478 valence electrons. The molecule has 0 spiro atoms. The van der Waals surface area contributed by atoms with Crippen molar-refractivity contribution in [3.8, 4) is 23.0 Å². The van der Waals surface area contributed by atoms with Gasteiger partial charge < -0.3 is 68.7 Å². The van der Waals surface area contributed by atoms with E-state index in [-0.39, 0.29) is 194 Å². The summed E-state index contributed by atoms with van der Waals surface area (Å²) in [6.07, 6.45) is 2.84. The minimum absolute atomic E-state index is 0.00147. The van der Waals surface area contributed by atoms with Crippen molar-refractivity contribution >= 4 is 58.9 Å². The van der Waals surface area contributed by atoms with E-state index in [9.17, 15) is 68.4 Å². The molecule has 89 heavy (non-hydrogen) atoms. The summed E-state index contributed by atoms with van der Waals surface area (Å²) in [6, 6.07) is 16.3. The van der Waals surface area contributed by atoms with E-state index in [2.05, 4.69) is 42.5 Å². The van der Waals surface area contributed by atoms with Crippen molar-refractivity contribution in [1.29, 1.82) is 0 Å². The Bertz CT molecular complexity index is 3130. The Hall–Kier alpha value is -9.18. The number of phenols is 4. The molecule has 0 aromatic heterocycles. The number of phenolic OH excluding ortho intramolecular Hbond substituents is 4. The van der Waals surface area contributed by atoms with Gasteiger partial charge in [0.15, 0.2) is 0 Å². The van der Waals surface area contributed by atoms with E-state index in [1.165, 1.54) is 72.8 Å². The molecule has 14 N–H and O–H groups in total. The highest BCUT2D eigenvalue weighted by atomic mass is 16.3. The average molecular weight is 1230 g/mol. The lowest BCUT2D eigenvalue weighted by Gasteiger charge is -2.31. The molecule has 27 heteroatoms. The third-order valence-electron chi connectivity index (χ3n) is 15.8. The molecular weight excluding hydrogens is 1150 g/mol. The van der Waals surface area contributed by atoms with E-state index in [0.29, 0.717) is 32.1 Å². The van der Waals surface area contributed by atoms with Crippen LogP contribution in [0.25, 0.3) is 0 Å². The van der Waals surface area contributed by atoms with Crippen molar-refractivity contribution in [1.82, 2.24) is 62.1 Å². The summed E-state index contributed by atoms with van der Waals surface area (Å²) >= 11 is 0. The Morgan fingerprint density at radius 3 is 0.933 bits per heavy atom. The van der Waals surface area contributed by atoms with Crippen LogP contribution >= 0.6 is 0 Å². The van der Waals surface area contributed by atoms with Gasteiger partial charge in [0, 0.05) is 150 Å². The van der Waals surface area contributed by atoms with E-state index < -0.39 is 82.2 Å². The SMILES string of the molecule is NC(=O)CCCC(=O)CCCCCC1CN2CCNC(=O)c3cccc(c3O)C(=O)NCCN(CCNC(=O)c3cccc(c3O)C(=O)N1)CCN1CCNC(=O)c3cccc(c3O)C(=O)NCCN(CCNC(=O)c3cccc(c3O)C(=O)NCC1)CC2. The van der Waals surface area contributed by atoms with Crippen molar-refractivity contribution in [2.45, 2.75) is 57.4 Å². The number of fused-ring (bicyclic) bond motifs is 16. The Morgan fingerprint density at radius 1 is 0.360 bits per heavy atom. The van der Waals surface area contributed by atoms with Gasteiger partial charge in [-0.2, -0.15) is 0 Å². The smallest absolute Gasteiger partial charge is 0.255 e. The normalized spacial score (nSPS) is 21.2. The molecule has 3 unspecified atom stereocenters. The predicted molar refractivity (Wildman–Crippen MR) is 327 cm³/mol. The zero-order valence-corrected chi connectivity index (χ0v) is 49.8. The molecule has 0 radical (unpaired) electrons.